The topological polar surface area (TPSA) is 97.2 Å². The number of nitrogens with one attached hydrogen (secondary N) is 1. The van der Waals surface area contributed by atoms with Gasteiger partial charge < -0.3 is 5.32 Å². The van der Waals surface area contributed by atoms with Crippen LogP contribution in [0.15, 0.2) is 47.4 Å². The van der Waals surface area contributed by atoms with E-state index in [0.717, 1.165) is 34.3 Å². The summed E-state index contributed by atoms with van der Waals surface area (Å²) in [4.78, 5) is 18.0. The van der Waals surface area contributed by atoms with Crippen molar-refractivity contribution in [3.63, 3.8) is 0 Å². The normalized spacial score (nSPS) is 15.4. The minimum absolute atomic E-state index is 0.203. The quantitative estimate of drug-likeness (QED) is 0.393. The van der Waals surface area contributed by atoms with Crippen molar-refractivity contribution in [2.75, 3.05) is 18.4 Å². The predicted octanol–water partition coefficient (Wildman–Crippen LogP) is 5.08. The smallest absolute Gasteiger partial charge is 0.256 e. The number of aryl methyl sites for hydroxylation is 3. The van der Waals surface area contributed by atoms with Crippen LogP contribution in [-0.2, 0) is 10.0 Å². The van der Waals surface area contributed by atoms with Gasteiger partial charge in [0.1, 0.15) is 5.82 Å². The standard InChI is InChI=1S/C26H29N5O3S2/c1-16-9-11-30(12-10-16)36(33,34)21-7-5-20(6-8-21)25(32)27-23-15-19(4)29-31(23)26-28-24-18(3)13-17(2)14-22(24)35-26/h5-8,13-16H,9-12H2,1-4H3,(H,27,32). The molecular weight excluding hydrogens is 494 g/mol. The highest BCUT2D eigenvalue weighted by Gasteiger charge is 2.28. The Kier molecular flexibility index (Phi) is 6.44. The summed E-state index contributed by atoms with van der Waals surface area (Å²) < 4.78 is 30.2. The van der Waals surface area contributed by atoms with Gasteiger partial charge >= 0.3 is 0 Å². The lowest BCUT2D eigenvalue weighted by atomic mass is 10.0. The molecule has 0 spiro atoms. The number of carbonyl (C=O) groups is 1. The molecule has 0 aliphatic carbocycles. The molecule has 1 aliphatic heterocycles. The van der Waals surface area contributed by atoms with Crippen molar-refractivity contribution in [1.29, 1.82) is 0 Å². The first kappa shape index (κ1) is 24.6. The van der Waals surface area contributed by atoms with Crippen LogP contribution < -0.4 is 5.32 Å². The molecule has 8 nitrogen and oxygen atoms in total. The number of amides is 1. The summed E-state index contributed by atoms with van der Waals surface area (Å²) in [6.45, 7) is 9.14. The van der Waals surface area contributed by atoms with Crippen LogP contribution in [0.5, 0.6) is 0 Å². The molecule has 1 saturated heterocycles. The molecule has 1 fully saturated rings. The molecule has 2 aromatic carbocycles. The van der Waals surface area contributed by atoms with E-state index in [4.69, 9.17) is 4.98 Å². The number of carbonyl (C=O) groups excluding carboxylic acids is 1. The fraction of sp³-hybridized carbons (Fsp3) is 0.346. The van der Waals surface area contributed by atoms with Gasteiger partial charge in [0.05, 0.1) is 20.8 Å². The number of benzene rings is 2. The van der Waals surface area contributed by atoms with Crippen LogP contribution in [0.2, 0.25) is 0 Å². The second-order valence-corrected chi connectivity index (χ2v) is 12.5. The van der Waals surface area contributed by atoms with Crippen LogP contribution >= 0.6 is 11.3 Å². The van der Waals surface area contributed by atoms with E-state index in [2.05, 4.69) is 36.4 Å². The fourth-order valence-corrected chi connectivity index (χ4v) is 7.10. The number of rotatable bonds is 5. The average molecular weight is 524 g/mol. The lowest BCUT2D eigenvalue weighted by Crippen LogP contribution is -2.37. The number of aromatic nitrogens is 3. The van der Waals surface area contributed by atoms with Crippen molar-refractivity contribution in [3.8, 4) is 5.13 Å². The molecule has 2 aromatic heterocycles. The van der Waals surface area contributed by atoms with Crippen molar-refractivity contribution in [3.05, 3.63) is 64.8 Å². The van der Waals surface area contributed by atoms with E-state index in [1.54, 1.807) is 22.9 Å². The molecule has 0 saturated carbocycles. The number of piperidine rings is 1. The Morgan fingerprint density at radius 2 is 1.75 bits per heavy atom. The number of hydrogen-bond donors (Lipinski definition) is 1. The van der Waals surface area contributed by atoms with Gasteiger partial charge in [-0.25, -0.2) is 13.4 Å². The summed E-state index contributed by atoms with van der Waals surface area (Å²) in [5.41, 5.74) is 4.29. The molecule has 10 heteroatoms. The molecule has 3 heterocycles. The van der Waals surface area contributed by atoms with E-state index >= 15 is 0 Å². The van der Waals surface area contributed by atoms with Crippen LogP contribution in [-0.4, -0.2) is 46.5 Å². The van der Waals surface area contributed by atoms with E-state index in [9.17, 15) is 13.2 Å². The zero-order valence-corrected chi connectivity index (χ0v) is 22.4. The molecule has 188 valence electrons. The Bertz CT molecular complexity index is 1550. The molecule has 1 amide bonds. The molecule has 0 unspecified atom stereocenters. The Balaban J connectivity index is 1.37. The first-order valence-corrected chi connectivity index (χ1v) is 14.2. The maximum absolute atomic E-state index is 13.0. The summed E-state index contributed by atoms with van der Waals surface area (Å²) in [7, 11) is -3.57. The van der Waals surface area contributed by atoms with Gasteiger partial charge in [0.15, 0.2) is 0 Å². The minimum Gasteiger partial charge on any atom is -0.306 e. The first-order valence-electron chi connectivity index (χ1n) is 12.0. The monoisotopic (exact) mass is 523 g/mol. The zero-order chi connectivity index (χ0) is 25.6. The maximum atomic E-state index is 13.0. The summed E-state index contributed by atoms with van der Waals surface area (Å²) in [5.74, 6) is 0.695. The highest BCUT2D eigenvalue weighted by molar-refractivity contribution is 7.89. The van der Waals surface area contributed by atoms with Crippen LogP contribution in [0.3, 0.4) is 0 Å². The van der Waals surface area contributed by atoms with Gasteiger partial charge in [-0.05, 0) is 81.0 Å². The minimum atomic E-state index is -3.57. The van der Waals surface area contributed by atoms with E-state index in [-0.39, 0.29) is 10.8 Å². The van der Waals surface area contributed by atoms with Gasteiger partial charge in [-0.3, -0.25) is 4.79 Å². The van der Waals surface area contributed by atoms with E-state index in [0.29, 0.717) is 35.5 Å². The summed E-state index contributed by atoms with van der Waals surface area (Å²) >= 11 is 1.51. The van der Waals surface area contributed by atoms with E-state index in [1.165, 1.54) is 33.3 Å². The molecule has 0 bridgehead atoms. The number of thiazole rings is 1. The Morgan fingerprint density at radius 3 is 2.44 bits per heavy atom. The van der Waals surface area contributed by atoms with Gasteiger partial charge in [0.25, 0.3) is 5.91 Å². The molecule has 0 radical (unpaired) electrons. The molecule has 1 N–H and O–H groups in total. The summed E-state index contributed by atoms with van der Waals surface area (Å²) in [5, 5.41) is 8.12. The van der Waals surface area contributed by atoms with Crippen molar-refractivity contribution in [2.24, 2.45) is 5.92 Å². The third-order valence-corrected chi connectivity index (χ3v) is 9.46. The number of nitrogens with zero attached hydrogens (tertiary/aromatic N) is 4. The maximum Gasteiger partial charge on any atom is 0.256 e. The van der Waals surface area contributed by atoms with Crippen molar-refractivity contribution < 1.29 is 13.2 Å². The second kappa shape index (κ2) is 9.42. The SMILES string of the molecule is Cc1cc(C)c2nc(-n3nc(C)cc3NC(=O)c3ccc(S(=O)(=O)N4CCC(C)CC4)cc3)sc2c1. The van der Waals surface area contributed by atoms with Crippen LogP contribution in [0.1, 0.15) is 46.9 Å². The van der Waals surface area contributed by atoms with Crippen LogP contribution in [0.25, 0.3) is 15.3 Å². The highest BCUT2D eigenvalue weighted by atomic mass is 32.2. The van der Waals surface area contributed by atoms with Gasteiger partial charge in [0, 0.05) is 24.7 Å². The Labute approximate surface area is 215 Å². The average Bonchev–Trinajstić information content (AvgIpc) is 3.42. The number of fused-ring (bicyclic) bond motifs is 1. The van der Waals surface area contributed by atoms with E-state index in [1.807, 2.05) is 13.8 Å². The van der Waals surface area contributed by atoms with Gasteiger partial charge in [-0.2, -0.15) is 14.1 Å². The third kappa shape index (κ3) is 4.68. The molecule has 0 atom stereocenters. The molecule has 4 aromatic rings. The predicted molar refractivity (Wildman–Crippen MR) is 143 cm³/mol. The second-order valence-electron chi connectivity index (χ2n) is 9.57. The van der Waals surface area contributed by atoms with Gasteiger partial charge in [0.2, 0.25) is 15.2 Å². The van der Waals surface area contributed by atoms with Gasteiger partial charge in [-0.15, -0.1) is 0 Å². The molecule has 1 aliphatic rings. The number of sulfonamides is 1. The first-order chi connectivity index (χ1) is 17.1. The largest absolute Gasteiger partial charge is 0.306 e. The summed E-state index contributed by atoms with van der Waals surface area (Å²) in [6.07, 6.45) is 1.72. The third-order valence-electron chi connectivity index (χ3n) is 6.57. The van der Waals surface area contributed by atoms with Crippen LogP contribution in [0, 0.1) is 26.7 Å². The van der Waals surface area contributed by atoms with Gasteiger partial charge in [-0.1, -0.05) is 24.3 Å². The lowest BCUT2D eigenvalue weighted by Gasteiger charge is -2.29. The zero-order valence-electron chi connectivity index (χ0n) is 20.8. The van der Waals surface area contributed by atoms with E-state index < -0.39 is 10.0 Å². The summed E-state index contributed by atoms with van der Waals surface area (Å²) in [6, 6.07) is 12.1. The fourth-order valence-electron chi connectivity index (χ4n) is 4.52. The van der Waals surface area contributed by atoms with Crippen molar-refractivity contribution in [1.82, 2.24) is 19.1 Å². The van der Waals surface area contributed by atoms with Crippen molar-refractivity contribution >= 4 is 43.3 Å². The molecule has 5 rings (SSSR count). The number of hydrogen-bond acceptors (Lipinski definition) is 6. The highest BCUT2D eigenvalue weighted by Crippen LogP contribution is 2.30. The lowest BCUT2D eigenvalue weighted by molar-refractivity contribution is 0.102. The number of anilines is 1. The molecular formula is C26H29N5O3S2. The van der Waals surface area contributed by atoms with Crippen LogP contribution in [0.4, 0.5) is 5.82 Å². The Hall–Kier alpha value is -3.08. The Morgan fingerprint density at radius 1 is 1.06 bits per heavy atom. The van der Waals surface area contributed by atoms with Crippen molar-refractivity contribution in [2.45, 2.75) is 45.4 Å². The molecule has 36 heavy (non-hydrogen) atoms.